The molecule has 12 heteroatoms. The van der Waals surface area contributed by atoms with Crippen LogP contribution in [0.3, 0.4) is 0 Å². The number of carbonyl (C=O) groups is 4. The lowest BCUT2D eigenvalue weighted by atomic mass is 9.95. The van der Waals surface area contributed by atoms with E-state index in [0.29, 0.717) is 25.9 Å². The monoisotopic (exact) mass is 819 g/mol. The van der Waals surface area contributed by atoms with Gasteiger partial charge in [-0.15, -0.1) is 0 Å². The van der Waals surface area contributed by atoms with E-state index in [2.05, 4.69) is 76.3 Å². The lowest BCUT2D eigenvalue weighted by Crippen LogP contribution is -2.51. The van der Waals surface area contributed by atoms with Gasteiger partial charge in [-0.1, -0.05) is 99.6 Å². The molecule has 61 heavy (non-hydrogen) atoms. The molecular formula is C49H53N7O5. The van der Waals surface area contributed by atoms with Crippen molar-refractivity contribution in [3.05, 3.63) is 120 Å². The molecule has 0 spiro atoms. The first-order valence-corrected chi connectivity index (χ1v) is 21.4. The van der Waals surface area contributed by atoms with Gasteiger partial charge in [-0.3, -0.25) is 19.4 Å². The number of allylic oxidation sites excluding steroid dienone is 1. The molecule has 4 atom stereocenters. The second-order valence-electron chi connectivity index (χ2n) is 16.5. The second-order valence-corrected chi connectivity index (χ2v) is 16.5. The SMILES string of the molecule is CCC(=O)N[C@@H](C(=O)N1CCC[C@H]1C1=NC=C(c2ccc(-c3ccc4cc(-c5cnc([C@@H]6CCCN6C(=O)[C@@H](NC(=O)OC)C(C)C)[nH]5)ccc4c3)cc2)C1)c1ccccc1. The van der Waals surface area contributed by atoms with Gasteiger partial charge in [-0.2, -0.15) is 0 Å². The van der Waals surface area contributed by atoms with Crippen molar-refractivity contribution < 1.29 is 23.9 Å². The van der Waals surface area contributed by atoms with Gasteiger partial charge in [-0.25, -0.2) is 9.78 Å². The summed E-state index contributed by atoms with van der Waals surface area (Å²) in [6.07, 6.45) is 7.50. The number of aromatic nitrogens is 2. The minimum atomic E-state index is -0.727. The largest absolute Gasteiger partial charge is 0.453 e. The van der Waals surface area contributed by atoms with Crippen molar-refractivity contribution in [3.8, 4) is 22.4 Å². The number of likely N-dealkylation sites (tertiary alicyclic amines) is 2. The molecule has 0 unspecified atom stereocenters. The molecule has 3 N–H and O–H groups in total. The van der Waals surface area contributed by atoms with Gasteiger partial charge in [0.25, 0.3) is 0 Å². The normalized spacial score (nSPS) is 18.5. The third-order valence-corrected chi connectivity index (χ3v) is 12.3. The molecule has 12 nitrogen and oxygen atoms in total. The number of benzene rings is 4. The van der Waals surface area contributed by atoms with Crippen LogP contribution in [0.15, 0.2) is 108 Å². The maximum Gasteiger partial charge on any atom is 0.407 e. The molecule has 8 rings (SSSR count). The number of amides is 4. The fourth-order valence-electron chi connectivity index (χ4n) is 8.88. The molecule has 314 valence electrons. The van der Waals surface area contributed by atoms with Gasteiger partial charge in [-0.05, 0) is 82.3 Å². The van der Waals surface area contributed by atoms with E-state index in [4.69, 9.17) is 14.7 Å². The molecule has 5 aromatic rings. The Labute approximate surface area is 356 Å². The minimum Gasteiger partial charge on any atom is -0.453 e. The van der Waals surface area contributed by atoms with Gasteiger partial charge in [0.05, 0.1) is 31.1 Å². The van der Waals surface area contributed by atoms with Crippen molar-refractivity contribution in [3.63, 3.8) is 0 Å². The van der Waals surface area contributed by atoms with Crippen LogP contribution >= 0.6 is 0 Å². The van der Waals surface area contributed by atoms with E-state index in [-0.39, 0.29) is 35.7 Å². The number of rotatable bonds is 12. The van der Waals surface area contributed by atoms with Crippen LogP contribution in [0.5, 0.6) is 0 Å². The number of hydrogen-bond donors (Lipinski definition) is 3. The van der Waals surface area contributed by atoms with E-state index in [1.54, 1.807) is 6.92 Å². The number of nitrogens with zero attached hydrogens (tertiary/aromatic N) is 4. The first kappa shape index (κ1) is 41.2. The first-order chi connectivity index (χ1) is 29.6. The molecule has 0 bridgehead atoms. The van der Waals surface area contributed by atoms with E-state index in [0.717, 1.165) is 87.1 Å². The van der Waals surface area contributed by atoms with E-state index in [9.17, 15) is 19.2 Å². The number of hydrogen-bond acceptors (Lipinski definition) is 7. The third kappa shape index (κ3) is 8.71. The van der Waals surface area contributed by atoms with Gasteiger partial charge >= 0.3 is 6.09 Å². The third-order valence-electron chi connectivity index (χ3n) is 12.3. The van der Waals surface area contributed by atoms with Crippen LogP contribution in [0.25, 0.3) is 38.7 Å². The van der Waals surface area contributed by atoms with Crippen LogP contribution in [0.2, 0.25) is 0 Å². The van der Waals surface area contributed by atoms with Crippen molar-refractivity contribution in [2.75, 3.05) is 20.2 Å². The summed E-state index contributed by atoms with van der Waals surface area (Å²) < 4.78 is 4.77. The first-order valence-electron chi connectivity index (χ1n) is 21.4. The zero-order valence-electron chi connectivity index (χ0n) is 35.2. The van der Waals surface area contributed by atoms with Gasteiger partial charge in [0, 0.05) is 43.4 Å². The average molecular weight is 820 g/mol. The second kappa shape index (κ2) is 18.0. The molecule has 3 aliphatic rings. The Morgan fingerprint density at radius 1 is 0.787 bits per heavy atom. The molecule has 2 fully saturated rings. The summed E-state index contributed by atoms with van der Waals surface area (Å²) in [5.74, 6) is 0.253. The highest BCUT2D eigenvalue weighted by Crippen LogP contribution is 2.36. The van der Waals surface area contributed by atoms with Crippen LogP contribution in [-0.4, -0.2) is 81.6 Å². The number of aromatic amines is 1. The summed E-state index contributed by atoms with van der Waals surface area (Å²) in [4.78, 5) is 68.8. The number of nitrogens with one attached hydrogen (secondary N) is 3. The van der Waals surface area contributed by atoms with E-state index in [1.165, 1.54) is 7.11 Å². The summed E-state index contributed by atoms with van der Waals surface area (Å²) >= 11 is 0. The predicted molar refractivity (Wildman–Crippen MR) is 237 cm³/mol. The Morgan fingerprint density at radius 3 is 2.11 bits per heavy atom. The average Bonchev–Trinajstić information content (AvgIpc) is 4.14. The Balaban J connectivity index is 0.914. The number of methoxy groups -OCH3 is 1. The molecule has 4 amide bonds. The zero-order chi connectivity index (χ0) is 42.6. The predicted octanol–water partition coefficient (Wildman–Crippen LogP) is 8.39. The lowest BCUT2D eigenvalue weighted by Gasteiger charge is -2.30. The van der Waals surface area contributed by atoms with Crippen molar-refractivity contribution in [2.45, 2.75) is 83.5 Å². The summed E-state index contributed by atoms with van der Waals surface area (Å²) in [5, 5.41) is 7.88. The summed E-state index contributed by atoms with van der Waals surface area (Å²) in [6, 6.07) is 29.2. The maximum absolute atomic E-state index is 14.0. The fourth-order valence-corrected chi connectivity index (χ4v) is 8.88. The highest BCUT2D eigenvalue weighted by molar-refractivity contribution is 6.04. The molecule has 4 aromatic carbocycles. The molecular weight excluding hydrogens is 767 g/mol. The summed E-state index contributed by atoms with van der Waals surface area (Å²) in [7, 11) is 1.30. The number of fused-ring (bicyclic) bond motifs is 1. The highest BCUT2D eigenvalue weighted by Gasteiger charge is 2.39. The van der Waals surface area contributed by atoms with Gasteiger partial charge in [0.2, 0.25) is 17.7 Å². The summed E-state index contributed by atoms with van der Waals surface area (Å²) in [5.41, 5.74) is 8.09. The molecule has 0 saturated carbocycles. The van der Waals surface area contributed by atoms with Gasteiger partial charge in [0.15, 0.2) is 0 Å². The number of ether oxygens (including phenoxy) is 1. The van der Waals surface area contributed by atoms with E-state index in [1.807, 2.05) is 66.4 Å². The van der Waals surface area contributed by atoms with Crippen LogP contribution in [0, 0.1) is 5.92 Å². The van der Waals surface area contributed by atoms with Crippen LogP contribution < -0.4 is 10.6 Å². The number of aliphatic imine (C=N–C) groups is 1. The lowest BCUT2D eigenvalue weighted by molar-refractivity contribution is -0.136. The molecule has 0 radical (unpaired) electrons. The van der Waals surface area contributed by atoms with Crippen molar-refractivity contribution in [1.82, 2.24) is 30.4 Å². The number of alkyl carbamates (subject to hydrolysis) is 1. The van der Waals surface area contributed by atoms with Crippen LogP contribution in [0.1, 0.15) is 88.3 Å². The van der Waals surface area contributed by atoms with Crippen molar-refractivity contribution in [2.24, 2.45) is 10.9 Å². The van der Waals surface area contributed by atoms with E-state index < -0.39 is 18.2 Å². The molecule has 2 saturated heterocycles. The molecule has 4 heterocycles. The fraction of sp³-hybridized carbons (Fsp3) is 0.347. The molecule has 3 aliphatic heterocycles. The van der Waals surface area contributed by atoms with Crippen molar-refractivity contribution in [1.29, 1.82) is 0 Å². The Bertz CT molecular complexity index is 2490. The Kier molecular flexibility index (Phi) is 12.1. The van der Waals surface area contributed by atoms with E-state index >= 15 is 0 Å². The topological polar surface area (TPSA) is 149 Å². The number of H-pyrrole nitrogens is 1. The highest BCUT2D eigenvalue weighted by atomic mass is 16.5. The van der Waals surface area contributed by atoms with Crippen LogP contribution in [0.4, 0.5) is 4.79 Å². The Hall–Kier alpha value is -6.56. The quantitative estimate of drug-likeness (QED) is 0.115. The zero-order valence-corrected chi connectivity index (χ0v) is 35.2. The Morgan fingerprint density at radius 2 is 1.43 bits per heavy atom. The van der Waals surface area contributed by atoms with Gasteiger partial charge < -0.3 is 30.2 Å². The van der Waals surface area contributed by atoms with Crippen LogP contribution in [-0.2, 0) is 19.1 Å². The molecule has 1 aromatic heterocycles. The maximum atomic E-state index is 14.0. The smallest absolute Gasteiger partial charge is 0.407 e. The van der Waals surface area contributed by atoms with Gasteiger partial charge in [0.1, 0.15) is 17.9 Å². The summed E-state index contributed by atoms with van der Waals surface area (Å²) in [6.45, 7) is 6.84. The number of imidazole rings is 1. The minimum absolute atomic E-state index is 0.0908. The van der Waals surface area contributed by atoms with Crippen molar-refractivity contribution >= 4 is 45.9 Å². The standard InChI is InChI=1S/C49H53N7O5/c1-5-43(57)53-45(33-11-7-6-8-12-33)48(59)55-23-9-13-41(55)39-27-38(28-50-39)32-17-15-31(16-18-32)34-19-20-36-26-37(22-21-35(36)25-34)40-29-51-46(52-40)42-14-10-24-56(42)47(58)44(30(2)3)54-49(60)61-4/h6-8,11-12,15-22,25-26,28-30,41-42,44-45H,5,9-10,13-14,23-24,27H2,1-4H3,(H,51,52)(H,53,57)(H,54,60)/t41-,42-,44-,45+/m0/s1. The molecule has 0 aliphatic carbocycles. The number of carbonyl (C=O) groups excluding carboxylic acids is 4.